The fourth-order valence-corrected chi connectivity index (χ4v) is 6.53. The summed E-state index contributed by atoms with van der Waals surface area (Å²) in [5.74, 6) is -4.45. The Morgan fingerprint density at radius 1 is 1.25 bits per heavy atom. The molecule has 0 spiro atoms. The molecule has 4 rings (SSSR count). The van der Waals surface area contributed by atoms with Crippen LogP contribution in [-0.4, -0.2) is 49.5 Å². The van der Waals surface area contributed by atoms with Crippen LogP contribution >= 0.6 is 23.1 Å². The van der Waals surface area contributed by atoms with Gasteiger partial charge in [0, 0.05) is 0 Å². The number of ether oxygens (including phenoxy) is 1. The van der Waals surface area contributed by atoms with E-state index in [2.05, 4.69) is 5.32 Å². The van der Waals surface area contributed by atoms with E-state index in [4.69, 9.17) is 4.74 Å². The van der Waals surface area contributed by atoms with Gasteiger partial charge in [0.15, 0.2) is 5.92 Å². The van der Waals surface area contributed by atoms with Crippen LogP contribution in [0.15, 0.2) is 41.1 Å². The number of carbonyl (C=O) groups excluding carboxylic acids is 3. The molecule has 2 aromatic rings. The molecule has 2 fully saturated rings. The van der Waals surface area contributed by atoms with Crippen LogP contribution in [-0.2, 0) is 19.2 Å². The first-order chi connectivity index (χ1) is 15.1. The van der Waals surface area contributed by atoms with Gasteiger partial charge in [0.25, 0.3) is 0 Å². The SMILES string of the molecule is Cc1ccccc1OC(=O)C(C(=O)N[C@@]1(C(=O)O)N2C(=O)C[C@H]2SC1(C)C)c1ccsc1. The van der Waals surface area contributed by atoms with E-state index < -0.39 is 34.2 Å². The highest BCUT2D eigenvalue weighted by Crippen LogP contribution is 2.55. The first kappa shape index (κ1) is 22.3. The van der Waals surface area contributed by atoms with Crippen molar-refractivity contribution >= 4 is 46.9 Å². The predicted octanol–water partition coefficient (Wildman–Crippen LogP) is 2.73. The van der Waals surface area contributed by atoms with Gasteiger partial charge in [-0.2, -0.15) is 11.3 Å². The van der Waals surface area contributed by atoms with Gasteiger partial charge in [0.05, 0.1) is 16.5 Å². The summed E-state index contributed by atoms with van der Waals surface area (Å²) in [6.45, 7) is 5.11. The Kier molecular flexibility index (Phi) is 5.54. The van der Waals surface area contributed by atoms with Crippen molar-refractivity contribution in [1.82, 2.24) is 10.2 Å². The van der Waals surface area contributed by atoms with Crippen molar-refractivity contribution in [3.63, 3.8) is 0 Å². The number of β-lactam (4-membered cyclic amide) rings is 1. The lowest BCUT2D eigenvalue weighted by Crippen LogP contribution is -2.75. The van der Waals surface area contributed by atoms with E-state index in [1.165, 1.54) is 28.0 Å². The average molecular weight is 475 g/mol. The van der Waals surface area contributed by atoms with Crippen molar-refractivity contribution in [2.24, 2.45) is 0 Å². The number of nitrogens with one attached hydrogen (secondary N) is 1. The molecule has 2 saturated heterocycles. The van der Waals surface area contributed by atoms with E-state index in [1.807, 2.05) is 0 Å². The Morgan fingerprint density at radius 2 is 1.97 bits per heavy atom. The van der Waals surface area contributed by atoms with E-state index in [1.54, 1.807) is 61.9 Å². The van der Waals surface area contributed by atoms with Crippen molar-refractivity contribution in [3.05, 3.63) is 52.2 Å². The van der Waals surface area contributed by atoms with Gasteiger partial charge in [0.1, 0.15) is 5.75 Å². The molecule has 8 nitrogen and oxygen atoms in total. The van der Waals surface area contributed by atoms with Crippen molar-refractivity contribution in [1.29, 1.82) is 0 Å². The highest BCUT2D eigenvalue weighted by Gasteiger charge is 2.70. The number of aryl methyl sites for hydroxylation is 1. The molecule has 2 aliphatic rings. The summed E-state index contributed by atoms with van der Waals surface area (Å²) in [6, 6.07) is 8.52. The van der Waals surface area contributed by atoms with Crippen LogP contribution in [0.2, 0.25) is 0 Å². The molecule has 2 N–H and O–H groups in total. The summed E-state index contributed by atoms with van der Waals surface area (Å²) in [5.41, 5.74) is -0.873. The number of esters is 1. The topological polar surface area (TPSA) is 113 Å². The third-order valence-corrected chi connectivity index (χ3v) is 8.10. The molecule has 10 heteroatoms. The summed E-state index contributed by atoms with van der Waals surface area (Å²) in [6.07, 6.45) is 0.211. The fourth-order valence-electron chi connectivity index (χ4n) is 4.15. The largest absolute Gasteiger partial charge is 0.478 e. The molecule has 0 saturated carbocycles. The van der Waals surface area contributed by atoms with E-state index in [-0.39, 0.29) is 17.7 Å². The second-order valence-corrected chi connectivity index (χ2v) is 10.8. The maximum atomic E-state index is 13.5. The molecule has 0 radical (unpaired) electrons. The lowest BCUT2D eigenvalue weighted by atomic mass is 9.88. The van der Waals surface area contributed by atoms with Gasteiger partial charge in [-0.15, -0.1) is 11.8 Å². The normalized spacial score (nSPS) is 24.3. The van der Waals surface area contributed by atoms with Gasteiger partial charge in [-0.05, 0) is 54.8 Å². The third kappa shape index (κ3) is 3.38. The predicted molar refractivity (Wildman–Crippen MR) is 119 cm³/mol. The molecule has 32 heavy (non-hydrogen) atoms. The quantitative estimate of drug-likeness (QED) is 0.286. The number of aliphatic carboxylic acids is 1. The third-order valence-electron chi connectivity index (χ3n) is 5.86. The fraction of sp³-hybridized carbons (Fsp3) is 0.364. The number of hydrogen-bond acceptors (Lipinski definition) is 7. The summed E-state index contributed by atoms with van der Waals surface area (Å²) in [7, 11) is 0. The molecule has 2 aliphatic heterocycles. The van der Waals surface area contributed by atoms with Crippen LogP contribution in [0.4, 0.5) is 0 Å². The van der Waals surface area contributed by atoms with Gasteiger partial charge in [-0.1, -0.05) is 18.2 Å². The zero-order chi connectivity index (χ0) is 23.3. The smallest absolute Gasteiger partial charge is 0.352 e. The van der Waals surface area contributed by atoms with Gasteiger partial charge in [-0.3, -0.25) is 19.3 Å². The number of benzene rings is 1. The number of rotatable bonds is 6. The number of thiophene rings is 1. The van der Waals surface area contributed by atoms with Gasteiger partial charge >= 0.3 is 11.9 Å². The van der Waals surface area contributed by atoms with E-state index in [9.17, 15) is 24.3 Å². The number of fused-ring (bicyclic) bond motifs is 1. The maximum Gasteiger partial charge on any atom is 0.352 e. The lowest BCUT2D eigenvalue weighted by molar-refractivity contribution is -0.173. The Bertz CT molecular complexity index is 1100. The molecule has 3 atom stereocenters. The number of carboxylic acids is 1. The molecule has 1 unspecified atom stereocenters. The number of amides is 2. The molecular formula is C22H22N2O6S2. The molecule has 2 amide bonds. The summed E-state index contributed by atoms with van der Waals surface area (Å²) < 4.78 is 4.49. The highest BCUT2D eigenvalue weighted by molar-refractivity contribution is 8.01. The number of thioether (sulfide) groups is 1. The number of nitrogens with zero attached hydrogens (tertiary/aromatic N) is 1. The minimum Gasteiger partial charge on any atom is -0.478 e. The summed E-state index contributed by atoms with van der Waals surface area (Å²) >= 11 is 2.62. The Hall–Kier alpha value is -2.85. The minimum atomic E-state index is -1.98. The zero-order valence-electron chi connectivity index (χ0n) is 17.7. The van der Waals surface area contributed by atoms with Gasteiger partial charge < -0.3 is 15.2 Å². The van der Waals surface area contributed by atoms with Crippen molar-refractivity contribution in [3.8, 4) is 5.75 Å². The minimum absolute atomic E-state index is 0.211. The molecule has 1 aromatic heterocycles. The van der Waals surface area contributed by atoms with E-state index >= 15 is 0 Å². The van der Waals surface area contributed by atoms with Crippen LogP contribution in [0.5, 0.6) is 5.75 Å². The van der Waals surface area contributed by atoms with Crippen molar-refractivity contribution in [2.45, 2.75) is 48.9 Å². The Morgan fingerprint density at radius 3 is 2.56 bits per heavy atom. The second-order valence-electron chi connectivity index (χ2n) is 8.23. The molecule has 3 heterocycles. The standard InChI is InChI=1S/C22H22N2O6S2/c1-12-6-4-5-7-14(12)30-19(27)17(13-8-9-31-11-13)18(26)23-22(20(28)29)21(2,3)32-16-10-15(25)24(16)22/h4-9,11,16-17H,10H2,1-3H3,(H,23,26)(H,28,29)/t16-,17?,22+/m1/s1. The lowest BCUT2D eigenvalue weighted by Gasteiger charge is -2.46. The summed E-state index contributed by atoms with van der Waals surface area (Å²) in [4.78, 5) is 52.6. The first-order valence-electron chi connectivity index (χ1n) is 9.93. The molecule has 0 aliphatic carbocycles. The first-order valence-corrected chi connectivity index (χ1v) is 11.8. The number of carboxylic acid groups (broad SMARTS) is 1. The Labute approximate surface area is 192 Å². The Balaban J connectivity index is 1.69. The zero-order valence-corrected chi connectivity index (χ0v) is 19.3. The van der Waals surface area contributed by atoms with E-state index in [0.717, 1.165) is 5.56 Å². The van der Waals surface area contributed by atoms with Gasteiger partial charge in [0.2, 0.25) is 17.5 Å². The van der Waals surface area contributed by atoms with Crippen LogP contribution in [0.3, 0.4) is 0 Å². The monoisotopic (exact) mass is 474 g/mol. The van der Waals surface area contributed by atoms with Crippen molar-refractivity contribution < 1.29 is 29.0 Å². The maximum absolute atomic E-state index is 13.5. The second kappa shape index (κ2) is 7.93. The molecule has 0 bridgehead atoms. The van der Waals surface area contributed by atoms with E-state index in [0.29, 0.717) is 11.3 Å². The highest BCUT2D eigenvalue weighted by atomic mass is 32.2. The van der Waals surface area contributed by atoms with Crippen LogP contribution in [0.25, 0.3) is 0 Å². The molecule has 1 aromatic carbocycles. The number of carbonyl (C=O) groups is 4. The molecule has 168 valence electrons. The summed E-state index contributed by atoms with van der Waals surface area (Å²) in [5, 5.41) is 15.8. The molecular weight excluding hydrogens is 452 g/mol. The van der Waals surface area contributed by atoms with Gasteiger partial charge in [-0.25, -0.2) is 4.79 Å². The van der Waals surface area contributed by atoms with Crippen LogP contribution < -0.4 is 10.1 Å². The van der Waals surface area contributed by atoms with Crippen LogP contribution in [0, 0.1) is 6.92 Å². The average Bonchev–Trinajstić information content (AvgIpc) is 3.27. The van der Waals surface area contributed by atoms with Crippen LogP contribution in [0.1, 0.15) is 37.3 Å². The number of hydrogen-bond donors (Lipinski definition) is 2. The van der Waals surface area contributed by atoms with Crippen molar-refractivity contribution in [2.75, 3.05) is 0 Å². The number of para-hydroxylation sites is 1.